The van der Waals surface area contributed by atoms with Gasteiger partial charge in [0.2, 0.25) is 0 Å². The van der Waals surface area contributed by atoms with Crippen LogP contribution in [0.2, 0.25) is 0 Å². The van der Waals surface area contributed by atoms with E-state index in [9.17, 15) is 14.5 Å². The van der Waals surface area contributed by atoms with Crippen LogP contribution in [0.5, 0.6) is 0 Å². The Morgan fingerprint density at radius 3 is 2.58 bits per heavy atom. The van der Waals surface area contributed by atoms with Gasteiger partial charge in [-0.15, -0.1) is 0 Å². The zero-order chi connectivity index (χ0) is 14.0. The van der Waals surface area contributed by atoms with E-state index in [1.807, 2.05) is 0 Å². The Bertz CT molecular complexity index is 478. The summed E-state index contributed by atoms with van der Waals surface area (Å²) in [5, 5.41) is 13.9. The van der Waals surface area contributed by atoms with Gasteiger partial charge in [0.25, 0.3) is 5.69 Å². The number of anilines is 1. The molecule has 4 nitrogen and oxygen atoms in total. The van der Waals surface area contributed by atoms with Crippen molar-refractivity contribution in [2.24, 2.45) is 5.41 Å². The highest BCUT2D eigenvalue weighted by atomic mass is 19.1. The number of halogens is 1. The summed E-state index contributed by atoms with van der Waals surface area (Å²) in [5.74, 6) is -0.556. The zero-order valence-corrected chi connectivity index (χ0v) is 11.3. The number of hydrogen-bond donors (Lipinski definition) is 1. The number of nitrogens with one attached hydrogen (secondary N) is 1. The van der Waals surface area contributed by atoms with Crippen molar-refractivity contribution in [3.05, 3.63) is 34.1 Å². The first-order valence-electron chi connectivity index (χ1n) is 6.58. The van der Waals surface area contributed by atoms with E-state index >= 15 is 0 Å². The molecule has 0 bridgehead atoms. The molecule has 1 aliphatic rings. The molecule has 0 heterocycles. The second-order valence-corrected chi connectivity index (χ2v) is 5.97. The first-order chi connectivity index (χ1) is 8.89. The number of nitro benzene ring substituents is 1. The third kappa shape index (κ3) is 3.22. The molecular weight excluding hydrogens is 247 g/mol. The van der Waals surface area contributed by atoms with Gasteiger partial charge in [0.1, 0.15) is 5.69 Å². The minimum Gasteiger partial charge on any atom is -0.374 e. The van der Waals surface area contributed by atoms with E-state index in [-0.39, 0.29) is 17.4 Å². The lowest BCUT2D eigenvalue weighted by Crippen LogP contribution is -2.30. The molecule has 0 atom stereocenters. The van der Waals surface area contributed by atoms with Crippen molar-refractivity contribution >= 4 is 11.4 Å². The molecule has 19 heavy (non-hydrogen) atoms. The van der Waals surface area contributed by atoms with Gasteiger partial charge in [0.15, 0.2) is 5.82 Å². The predicted octanol–water partition coefficient (Wildman–Crippen LogP) is 4.11. The smallest absolute Gasteiger partial charge is 0.295 e. The Balaban J connectivity index is 2.14. The van der Waals surface area contributed by atoms with Gasteiger partial charge in [-0.25, -0.2) is 4.39 Å². The SMILES string of the molecule is CC1(C)CCC(Nc2c(F)cccc2[N+](=O)[O-])CC1. The highest BCUT2D eigenvalue weighted by molar-refractivity contribution is 5.62. The molecule has 2 rings (SSSR count). The standard InChI is InChI=1S/C14H19FN2O2/c1-14(2)8-6-10(7-9-14)16-13-11(15)4-3-5-12(13)17(18)19/h3-5,10,16H,6-9H2,1-2H3. The van der Waals surface area contributed by atoms with Crippen molar-refractivity contribution in [1.29, 1.82) is 0 Å². The van der Waals surface area contributed by atoms with Gasteiger partial charge in [-0.3, -0.25) is 10.1 Å². The van der Waals surface area contributed by atoms with Crippen LogP contribution in [0.3, 0.4) is 0 Å². The van der Waals surface area contributed by atoms with E-state index in [4.69, 9.17) is 0 Å². The van der Waals surface area contributed by atoms with Crippen molar-refractivity contribution in [2.75, 3.05) is 5.32 Å². The first-order valence-corrected chi connectivity index (χ1v) is 6.58. The normalized spacial score (nSPS) is 19.1. The van der Waals surface area contributed by atoms with Crippen molar-refractivity contribution in [3.8, 4) is 0 Å². The summed E-state index contributed by atoms with van der Waals surface area (Å²) in [6.45, 7) is 4.43. The Morgan fingerprint density at radius 1 is 1.37 bits per heavy atom. The predicted molar refractivity (Wildman–Crippen MR) is 72.7 cm³/mol. The molecule has 1 aliphatic carbocycles. The molecule has 1 aromatic carbocycles. The fourth-order valence-electron chi connectivity index (χ4n) is 2.56. The van der Waals surface area contributed by atoms with E-state index in [0.29, 0.717) is 5.41 Å². The van der Waals surface area contributed by atoms with Crippen LogP contribution in [-0.2, 0) is 0 Å². The minimum absolute atomic E-state index is 0.0252. The van der Waals surface area contributed by atoms with Gasteiger partial charge >= 0.3 is 0 Å². The van der Waals surface area contributed by atoms with E-state index < -0.39 is 10.7 Å². The average Bonchev–Trinajstić information content (AvgIpc) is 2.33. The van der Waals surface area contributed by atoms with Gasteiger partial charge < -0.3 is 5.32 Å². The molecule has 5 heteroatoms. The molecular formula is C14H19FN2O2. The number of nitro groups is 1. The maximum Gasteiger partial charge on any atom is 0.295 e. The van der Waals surface area contributed by atoms with Crippen LogP contribution in [0.15, 0.2) is 18.2 Å². The minimum atomic E-state index is -0.556. The highest BCUT2D eigenvalue weighted by Gasteiger charge is 2.28. The van der Waals surface area contributed by atoms with Crippen molar-refractivity contribution in [2.45, 2.75) is 45.6 Å². The van der Waals surface area contributed by atoms with Crippen LogP contribution in [-0.4, -0.2) is 11.0 Å². The monoisotopic (exact) mass is 266 g/mol. The quantitative estimate of drug-likeness (QED) is 0.661. The molecule has 0 unspecified atom stereocenters. The molecule has 0 spiro atoms. The van der Waals surface area contributed by atoms with E-state index in [1.165, 1.54) is 18.2 Å². The molecule has 1 N–H and O–H groups in total. The Morgan fingerprint density at radius 2 is 2.00 bits per heavy atom. The average molecular weight is 266 g/mol. The zero-order valence-electron chi connectivity index (χ0n) is 11.3. The van der Waals surface area contributed by atoms with Gasteiger partial charge in [0, 0.05) is 12.1 Å². The topological polar surface area (TPSA) is 55.2 Å². The van der Waals surface area contributed by atoms with Crippen molar-refractivity contribution in [1.82, 2.24) is 0 Å². The highest BCUT2D eigenvalue weighted by Crippen LogP contribution is 2.37. The molecule has 104 valence electrons. The molecule has 1 aromatic rings. The Kier molecular flexibility index (Phi) is 3.73. The van der Waals surface area contributed by atoms with Crippen molar-refractivity contribution in [3.63, 3.8) is 0 Å². The lowest BCUT2D eigenvalue weighted by molar-refractivity contribution is -0.384. The van der Waals surface area contributed by atoms with Crippen LogP contribution < -0.4 is 5.32 Å². The first kappa shape index (κ1) is 13.8. The van der Waals surface area contributed by atoms with Crippen LogP contribution in [0, 0.1) is 21.3 Å². The molecule has 0 saturated heterocycles. The van der Waals surface area contributed by atoms with E-state index in [0.717, 1.165) is 25.7 Å². The summed E-state index contributed by atoms with van der Waals surface area (Å²) in [6.07, 6.45) is 3.93. The molecule has 0 aliphatic heterocycles. The maximum atomic E-state index is 13.8. The second kappa shape index (κ2) is 5.15. The lowest BCUT2D eigenvalue weighted by Gasteiger charge is -2.35. The fraction of sp³-hybridized carbons (Fsp3) is 0.571. The molecule has 0 amide bonds. The summed E-state index contributed by atoms with van der Waals surface area (Å²) < 4.78 is 13.8. The number of nitrogens with zero attached hydrogens (tertiary/aromatic N) is 1. The molecule has 0 radical (unpaired) electrons. The molecule has 0 aromatic heterocycles. The van der Waals surface area contributed by atoms with Gasteiger partial charge in [-0.05, 0) is 37.2 Å². The van der Waals surface area contributed by atoms with E-state index in [2.05, 4.69) is 19.2 Å². The Labute approximate surface area is 112 Å². The van der Waals surface area contributed by atoms with Crippen molar-refractivity contribution < 1.29 is 9.31 Å². The number of hydrogen-bond acceptors (Lipinski definition) is 3. The van der Waals surface area contributed by atoms with Gasteiger partial charge in [-0.1, -0.05) is 19.9 Å². The lowest BCUT2D eigenvalue weighted by atomic mass is 9.75. The third-order valence-electron chi connectivity index (χ3n) is 3.88. The molecule has 1 fully saturated rings. The summed E-state index contributed by atoms with van der Waals surface area (Å²) in [7, 11) is 0. The number of rotatable bonds is 3. The fourth-order valence-corrected chi connectivity index (χ4v) is 2.56. The number of benzene rings is 1. The van der Waals surface area contributed by atoms with Crippen LogP contribution in [0.1, 0.15) is 39.5 Å². The molecule has 1 saturated carbocycles. The second-order valence-electron chi connectivity index (χ2n) is 5.97. The van der Waals surface area contributed by atoms with E-state index in [1.54, 1.807) is 0 Å². The summed E-state index contributed by atoms with van der Waals surface area (Å²) >= 11 is 0. The largest absolute Gasteiger partial charge is 0.374 e. The van der Waals surface area contributed by atoms with Gasteiger partial charge in [-0.2, -0.15) is 0 Å². The summed E-state index contributed by atoms with van der Waals surface area (Å²) in [6, 6.07) is 4.06. The van der Waals surface area contributed by atoms with Crippen LogP contribution >= 0.6 is 0 Å². The number of para-hydroxylation sites is 1. The van der Waals surface area contributed by atoms with Crippen LogP contribution in [0.4, 0.5) is 15.8 Å². The third-order valence-corrected chi connectivity index (χ3v) is 3.88. The van der Waals surface area contributed by atoms with Gasteiger partial charge in [0.05, 0.1) is 4.92 Å². The summed E-state index contributed by atoms with van der Waals surface area (Å²) in [5.41, 5.74) is 0.154. The summed E-state index contributed by atoms with van der Waals surface area (Å²) in [4.78, 5) is 10.4. The maximum absolute atomic E-state index is 13.8. The van der Waals surface area contributed by atoms with Crippen LogP contribution in [0.25, 0.3) is 0 Å². The Hall–Kier alpha value is -1.65.